The highest BCUT2D eigenvalue weighted by Crippen LogP contribution is 2.41. The number of halogens is 1. The molecule has 0 spiro atoms. The van der Waals surface area contributed by atoms with Crippen molar-refractivity contribution in [3.63, 3.8) is 0 Å². The number of allylic oxidation sites excluding steroid dienone is 1. The molecule has 156 valence electrons. The number of ether oxygens (including phenoxy) is 1. The van der Waals surface area contributed by atoms with E-state index in [1.165, 1.54) is 18.4 Å². The standard InChI is InChI=1S/C25H26BrNO3/c1-4-29-24-16(3)25-21(19-7-5-6-8-22(19)30-25)14-20(24)15(2)13-23(28)27-18-11-9-17(26)10-12-18/h9-14H,4-8H2,1-3H3,(H,27,28)/b15-13+. The summed E-state index contributed by atoms with van der Waals surface area (Å²) in [6.45, 7) is 6.52. The largest absolute Gasteiger partial charge is 0.493 e. The highest BCUT2D eigenvalue weighted by molar-refractivity contribution is 9.10. The third kappa shape index (κ3) is 4.04. The molecular formula is C25H26BrNO3. The maximum atomic E-state index is 12.6. The third-order valence-corrected chi connectivity index (χ3v) is 6.13. The van der Waals surface area contributed by atoms with Crippen LogP contribution in [-0.4, -0.2) is 12.5 Å². The second kappa shape index (κ2) is 8.68. The van der Waals surface area contributed by atoms with Gasteiger partial charge in [-0.25, -0.2) is 0 Å². The van der Waals surface area contributed by atoms with E-state index in [4.69, 9.17) is 9.15 Å². The number of hydrogen-bond acceptors (Lipinski definition) is 3. The zero-order chi connectivity index (χ0) is 21.3. The van der Waals surface area contributed by atoms with Gasteiger partial charge in [-0.15, -0.1) is 0 Å². The van der Waals surface area contributed by atoms with Gasteiger partial charge in [0.25, 0.3) is 0 Å². The Kier molecular flexibility index (Phi) is 6.00. The number of benzene rings is 2. The molecule has 0 bridgehead atoms. The summed E-state index contributed by atoms with van der Waals surface area (Å²) >= 11 is 3.41. The fraction of sp³-hybridized carbons (Fsp3) is 0.320. The number of furan rings is 1. The van der Waals surface area contributed by atoms with E-state index in [-0.39, 0.29) is 5.91 Å². The predicted octanol–water partition coefficient (Wildman–Crippen LogP) is 6.82. The van der Waals surface area contributed by atoms with Gasteiger partial charge >= 0.3 is 0 Å². The minimum atomic E-state index is -0.163. The fourth-order valence-corrected chi connectivity index (χ4v) is 4.41. The van der Waals surface area contributed by atoms with Crippen molar-refractivity contribution < 1.29 is 13.9 Å². The van der Waals surface area contributed by atoms with E-state index in [1.54, 1.807) is 6.08 Å². The van der Waals surface area contributed by atoms with Gasteiger partial charge < -0.3 is 14.5 Å². The molecular weight excluding hydrogens is 442 g/mol. The number of aryl methyl sites for hydroxylation is 3. The van der Waals surface area contributed by atoms with Crippen molar-refractivity contribution in [3.05, 3.63) is 63.3 Å². The number of carbonyl (C=O) groups excluding carboxylic acids is 1. The zero-order valence-electron chi connectivity index (χ0n) is 17.6. The zero-order valence-corrected chi connectivity index (χ0v) is 19.2. The van der Waals surface area contributed by atoms with Crippen LogP contribution in [0.3, 0.4) is 0 Å². The van der Waals surface area contributed by atoms with Gasteiger partial charge in [-0.05, 0) is 75.9 Å². The van der Waals surface area contributed by atoms with Crippen LogP contribution in [0.25, 0.3) is 16.5 Å². The summed E-state index contributed by atoms with van der Waals surface area (Å²) in [5.74, 6) is 1.74. The molecule has 0 fully saturated rings. The molecule has 1 heterocycles. The van der Waals surface area contributed by atoms with Crippen LogP contribution in [0.5, 0.6) is 5.75 Å². The second-order valence-corrected chi connectivity index (χ2v) is 8.64. The topological polar surface area (TPSA) is 51.5 Å². The first-order chi connectivity index (χ1) is 14.5. The number of amides is 1. The average Bonchev–Trinajstić information content (AvgIpc) is 3.10. The summed E-state index contributed by atoms with van der Waals surface area (Å²) in [5.41, 5.74) is 5.80. The van der Waals surface area contributed by atoms with Crippen molar-refractivity contribution in [2.24, 2.45) is 0 Å². The lowest BCUT2D eigenvalue weighted by molar-refractivity contribution is -0.111. The Morgan fingerprint density at radius 3 is 2.70 bits per heavy atom. The van der Waals surface area contributed by atoms with Gasteiger partial charge in [0, 0.05) is 44.7 Å². The molecule has 1 aliphatic carbocycles. The van der Waals surface area contributed by atoms with Crippen LogP contribution >= 0.6 is 15.9 Å². The van der Waals surface area contributed by atoms with E-state index in [1.807, 2.05) is 45.0 Å². The summed E-state index contributed by atoms with van der Waals surface area (Å²) in [4.78, 5) is 12.6. The van der Waals surface area contributed by atoms with E-state index in [0.29, 0.717) is 6.61 Å². The lowest BCUT2D eigenvalue weighted by Gasteiger charge is -2.15. The number of fused-ring (bicyclic) bond motifs is 3. The minimum absolute atomic E-state index is 0.163. The second-order valence-electron chi connectivity index (χ2n) is 7.72. The Morgan fingerprint density at radius 1 is 1.23 bits per heavy atom. The van der Waals surface area contributed by atoms with Gasteiger partial charge in [0.15, 0.2) is 0 Å². The van der Waals surface area contributed by atoms with Crippen molar-refractivity contribution >= 4 is 44.1 Å². The van der Waals surface area contributed by atoms with E-state index in [9.17, 15) is 4.79 Å². The fourth-order valence-electron chi connectivity index (χ4n) is 4.15. The van der Waals surface area contributed by atoms with Crippen LogP contribution in [0.1, 0.15) is 49.1 Å². The number of rotatable bonds is 5. The predicted molar refractivity (Wildman–Crippen MR) is 125 cm³/mol. The van der Waals surface area contributed by atoms with Gasteiger partial charge in [0.05, 0.1) is 6.61 Å². The van der Waals surface area contributed by atoms with Crippen LogP contribution in [0.4, 0.5) is 5.69 Å². The van der Waals surface area contributed by atoms with Gasteiger partial charge in [-0.1, -0.05) is 15.9 Å². The molecule has 30 heavy (non-hydrogen) atoms. The first-order valence-corrected chi connectivity index (χ1v) is 11.2. The Labute approximate surface area is 185 Å². The molecule has 1 N–H and O–H groups in total. The number of carbonyl (C=O) groups is 1. The van der Waals surface area contributed by atoms with E-state index >= 15 is 0 Å². The van der Waals surface area contributed by atoms with E-state index < -0.39 is 0 Å². The number of nitrogens with one attached hydrogen (secondary N) is 1. The Hall–Kier alpha value is -2.53. The van der Waals surface area contributed by atoms with Gasteiger partial charge in [-0.3, -0.25) is 4.79 Å². The van der Waals surface area contributed by atoms with Crippen molar-refractivity contribution in [3.8, 4) is 5.75 Å². The molecule has 1 amide bonds. The van der Waals surface area contributed by atoms with Gasteiger partial charge in [-0.2, -0.15) is 0 Å². The first-order valence-electron chi connectivity index (χ1n) is 10.4. The monoisotopic (exact) mass is 467 g/mol. The quantitative estimate of drug-likeness (QED) is 0.418. The van der Waals surface area contributed by atoms with Gasteiger partial charge in [0.1, 0.15) is 17.1 Å². The maximum absolute atomic E-state index is 12.6. The SMILES string of the molecule is CCOc1c(/C(C)=C/C(=O)Nc2ccc(Br)cc2)cc2c3c(oc2c1C)CCCC3. The molecule has 2 aromatic carbocycles. The van der Waals surface area contributed by atoms with Crippen LogP contribution in [0, 0.1) is 6.92 Å². The molecule has 1 aromatic heterocycles. The molecule has 1 aliphatic rings. The molecule has 0 saturated carbocycles. The molecule has 0 saturated heterocycles. The average molecular weight is 468 g/mol. The molecule has 4 rings (SSSR count). The maximum Gasteiger partial charge on any atom is 0.248 e. The van der Waals surface area contributed by atoms with Crippen molar-refractivity contribution in [1.29, 1.82) is 0 Å². The van der Waals surface area contributed by atoms with E-state index in [0.717, 1.165) is 62.2 Å². The normalized spacial score (nSPS) is 13.9. The summed E-state index contributed by atoms with van der Waals surface area (Å²) in [6.07, 6.45) is 6.03. The van der Waals surface area contributed by atoms with Crippen molar-refractivity contribution in [2.45, 2.75) is 46.5 Å². The van der Waals surface area contributed by atoms with Crippen LogP contribution in [0.2, 0.25) is 0 Å². The molecule has 0 atom stereocenters. The molecule has 0 radical (unpaired) electrons. The highest BCUT2D eigenvalue weighted by atomic mass is 79.9. The lowest BCUT2D eigenvalue weighted by atomic mass is 9.93. The Morgan fingerprint density at radius 2 is 1.97 bits per heavy atom. The van der Waals surface area contributed by atoms with Gasteiger partial charge in [0.2, 0.25) is 5.91 Å². The van der Waals surface area contributed by atoms with Crippen molar-refractivity contribution in [1.82, 2.24) is 0 Å². The lowest BCUT2D eigenvalue weighted by Crippen LogP contribution is -2.09. The van der Waals surface area contributed by atoms with E-state index in [2.05, 4.69) is 27.3 Å². The number of hydrogen-bond donors (Lipinski definition) is 1. The Bertz CT molecular complexity index is 1130. The smallest absolute Gasteiger partial charge is 0.248 e. The van der Waals surface area contributed by atoms with Crippen LogP contribution in [-0.2, 0) is 17.6 Å². The van der Waals surface area contributed by atoms with Crippen molar-refractivity contribution in [2.75, 3.05) is 11.9 Å². The first kappa shape index (κ1) is 20.7. The molecule has 0 aliphatic heterocycles. The molecule has 4 nitrogen and oxygen atoms in total. The molecule has 0 unspecified atom stereocenters. The summed E-state index contributed by atoms with van der Waals surface area (Å²) in [5, 5.41) is 4.08. The highest BCUT2D eigenvalue weighted by Gasteiger charge is 2.23. The van der Waals surface area contributed by atoms with Crippen LogP contribution < -0.4 is 10.1 Å². The summed E-state index contributed by atoms with van der Waals surface area (Å²) in [6, 6.07) is 9.67. The minimum Gasteiger partial charge on any atom is -0.493 e. The molecule has 3 aromatic rings. The number of anilines is 1. The third-order valence-electron chi connectivity index (χ3n) is 5.60. The summed E-state index contributed by atoms with van der Waals surface area (Å²) < 4.78 is 13.2. The molecule has 5 heteroatoms. The Balaban J connectivity index is 1.73. The van der Waals surface area contributed by atoms with Crippen LogP contribution in [0.15, 0.2) is 45.3 Å². The summed E-state index contributed by atoms with van der Waals surface area (Å²) in [7, 11) is 0.